The Kier molecular flexibility index (Phi) is 2.84. The van der Waals surface area contributed by atoms with Gasteiger partial charge in [0.25, 0.3) is 11.2 Å². The highest BCUT2D eigenvalue weighted by Crippen LogP contribution is 2.10. The van der Waals surface area contributed by atoms with Crippen LogP contribution in [0.1, 0.15) is 13.0 Å². The minimum absolute atomic E-state index is 0.261. The lowest BCUT2D eigenvalue weighted by molar-refractivity contribution is -0.385. The fourth-order valence-electron chi connectivity index (χ4n) is 1.04. The predicted octanol–water partition coefficient (Wildman–Crippen LogP) is -0.197. The zero-order valence-corrected chi connectivity index (χ0v) is 7.91. The van der Waals surface area contributed by atoms with Gasteiger partial charge < -0.3 is 5.73 Å². The highest BCUT2D eigenvalue weighted by molar-refractivity contribution is 5.77. The first-order valence-electron chi connectivity index (χ1n) is 4.09. The Labute approximate surface area is 84.3 Å². The molecule has 0 aliphatic heterocycles. The number of pyridine rings is 1. The van der Waals surface area contributed by atoms with Crippen molar-refractivity contribution in [2.75, 3.05) is 0 Å². The monoisotopic (exact) mass is 211 g/mol. The molecule has 1 heterocycles. The number of nitro groups is 1. The molecule has 0 saturated carbocycles. The molecule has 0 aliphatic rings. The molecule has 0 aliphatic carbocycles. The summed E-state index contributed by atoms with van der Waals surface area (Å²) in [6, 6.07) is 1.20. The SMILES string of the molecule is C[C@H](C(N)=O)n1cc([N+](=O)[O-])ccc1=O. The van der Waals surface area contributed by atoms with Gasteiger partial charge in [0.15, 0.2) is 0 Å². The van der Waals surface area contributed by atoms with E-state index in [0.717, 1.165) is 22.9 Å². The Balaban J connectivity index is 3.28. The molecule has 1 atom stereocenters. The van der Waals surface area contributed by atoms with Crippen LogP contribution in [0.4, 0.5) is 5.69 Å². The molecule has 1 aromatic heterocycles. The number of hydrogen-bond donors (Lipinski definition) is 1. The molecule has 0 fully saturated rings. The van der Waals surface area contributed by atoms with E-state index in [1.165, 1.54) is 6.92 Å². The van der Waals surface area contributed by atoms with Gasteiger partial charge in [-0.15, -0.1) is 0 Å². The van der Waals surface area contributed by atoms with Crippen LogP contribution in [0.25, 0.3) is 0 Å². The molecule has 1 aromatic rings. The standard InChI is InChI=1S/C8H9N3O4/c1-5(8(9)13)10-4-6(11(14)15)2-3-7(10)12/h2-5H,1H3,(H2,9,13)/t5-/m1/s1. The molecule has 2 N–H and O–H groups in total. The highest BCUT2D eigenvalue weighted by Gasteiger charge is 2.15. The van der Waals surface area contributed by atoms with Crippen LogP contribution in [0.2, 0.25) is 0 Å². The molecule has 1 rings (SSSR count). The molecular formula is C8H9N3O4. The molecule has 7 heteroatoms. The van der Waals surface area contributed by atoms with Gasteiger partial charge in [0.1, 0.15) is 6.04 Å². The number of nitrogens with zero attached hydrogens (tertiary/aromatic N) is 2. The average Bonchev–Trinajstić information content (AvgIpc) is 2.16. The van der Waals surface area contributed by atoms with E-state index < -0.39 is 22.4 Å². The van der Waals surface area contributed by atoms with Crippen molar-refractivity contribution in [3.63, 3.8) is 0 Å². The van der Waals surface area contributed by atoms with E-state index in [2.05, 4.69) is 0 Å². The van der Waals surface area contributed by atoms with Gasteiger partial charge in [0.05, 0.1) is 11.1 Å². The molecule has 1 amide bonds. The lowest BCUT2D eigenvalue weighted by Gasteiger charge is -2.09. The van der Waals surface area contributed by atoms with Crippen molar-refractivity contribution < 1.29 is 9.72 Å². The first-order valence-corrected chi connectivity index (χ1v) is 4.09. The molecule has 0 unspecified atom stereocenters. The van der Waals surface area contributed by atoms with Gasteiger partial charge in [-0.1, -0.05) is 0 Å². The van der Waals surface area contributed by atoms with E-state index in [0.29, 0.717) is 0 Å². The number of hydrogen-bond acceptors (Lipinski definition) is 4. The molecule has 0 bridgehead atoms. The summed E-state index contributed by atoms with van der Waals surface area (Å²) in [5.41, 5.74) is 4.23. The van der Waals surface area contributed by atoms with Crippen LogP contribution in [0.15, 0.2) is 23.1 Å². The maximum atomic E-state index is 11.3. The van der Waals surface area contributed by atoms with Gasteiger partial charge in [-0.3, -0.25) is 24.3 Å². The second kappa shape index (κ2) is 3.91. The van der Waals surface area contributed by atoms with E-state index in [9.17, 15) is 19.7 Å². The number of aromatic nitrogens is 1. The van der Waals surface area contributed by atoms with Crippen LogP contribution in [-0.2, 0) is 4.79 Å². The Morgan fingerprint density at radius 1 is 1.60 bits per heavy atom. The fourth-order valence-corrected chi connectivity index (χ4v) is 1.04. The van der Waals surface area contributed by atoms with E-state index >= 15 is 0 Å². The van der Waals surface area contributed by atoms with Gasteiger partial charge in [0, 0.05) is 12.1 Å². The maximum absolute atomic E-state index is 11.3. The first kappa shape index (κ1) is 10.9. The Morgan fingerprint density at radius 2 is 2.20 bits per heavy atom. The Bertz CT molecular complexity index is 465. The van der Waals surface area contributed by atoms with Crippen LogP contribution in [0.5, 0.6) is 0 Å². The topological polar surface area (TPSA) is 108 Å². The zero-order chi connectivity index (χ0) is 11.6. The van der Waals surface area contributed by atoms with Gasteiger partial charge >= 0.3 is 0 Å². The largest absolute Gasteiger partial charge is 0.368 e. The van der Waals surface area contributed by atoms with Crippen molar-refractivity contribution >= 4 is 11.6 Å². The predicted molar refractivity (Wildman–Crippen MR) is 51.3 cm³/mol. The van der Waals surface area contributed by atoms with Crippen molar-refractivity contribution in [3.05, 3.63) is 38.8 Å². The zero-order valence-electron chi connectivity index (χ0n) is 7.91. The molecule has 0 saturated heterocycles. The van der Waals surface area contributed by atoms with E-state index in [-0.39, 0.29) is 5.69 Å². The number of rotatable bonds is 3. The number of amides is 1. The number of primary amides is 1. The van der Waals surface area contributed by atoms with Crippen LogP contribution < -0.4 is 11.3 Å². The van der Waals surface area contributed by atoms with Crippen LogP contribution in [0.3, 0.4) is 0 Å². The minimum Gasteiger partial charge on any atom is -0.368 e. The van der Waals surface area contributed by atoms with Gasteiger partial charge in [-0.25, -0.2) is 0 Å². The molecular weight excluding hydrogens is 202 g/mol. The maximum Gasteiger partial charge on any atom is 0.285 e. The second-order valence-electron chi connectivity index (χ2n) is 2.97. The lowest BCUT2D eigenvalue weighted by Crippen LogP contribution is -2.31. The summed E-state index contributed by atoms with van der Waals surface area (Å²) in [5, 5.41) is 10.4. The number of carbonyl (C=O) groups excluding carboxylic acids is 1. The minimum atomic E-state index is -0.905. The third-order valence-corrected chi connectivity index (χ3v) is 1.96. The Hall–Kier alpha value is -2.18. The fraction of sp³-hybridized carbons (Fsp3) is 0.250. The second-order valence-corrected chi connectivity index (χ2v) is 2.97. The van der Waals surface area contributed by atoms with Crippen molar-refractivity contribution in [1.82, 2.24) is 4.57 Å². The molecule has 7 nitrogen and oxygen atoms in total. The van der Waals surface area contributed by atoms with Crippen LogP contribution in [0, 0.1) is 10.1 Å². The third-order valence-electron chi connectivity index (χ3n) is 1.96. The highest BCUT2D eigenvalue weighted by atomic mass is 16.6. The Morgan fingerprint density at radius 3 is 2.67 bits per heavy atom. The summed E-state index contributed by atoms with van der Waals surface area (Å²) >= 11 is 0. The lowest BCUT2D eigenvalue weighted by atomic mass is 10.3. The molecule has 0 radical (unpaired) electrons. The van der Waals surface area contributed by atoms with Crippen molar-refractivity contribution in [2.24, 2.45) is 5.73 Å². The summed E-state index contributed by atoms with van der Waals surface area (Å²) in [4.78, 5) is 31.9. The quantitative estimate of drug-likeness (QED) is 0.551. The van der Waals surface area contributed by atoms with Gasteiger partial charge in [-0.2, -0.15) is 0 Å². The van der Waals surface area contributed by atoms with Crippen molar-refractivity contribution in [2.45, 2.75) is 13.0 Å². The normalized spacial score (nSPS) is 12.1. The third kappa shape index (κ3) is 2.19. The average molecular weight is 211 g/mol. The van der Waals surface area contributed by atoms with E-state index in [1.54, 1.807) is 0 Å². The van der Waals surface area contributed by atoms with Crippen LogP contribution >= 0.6 is 0 Å². The van der Waals surface area contributed by atoms with Crippen molar-refractivity contribution in [3.8, 4) is 0 Å². The molecule has 0 spiro atoms. The molecule has 15 heavy (non-hydrogen) atoms. The van der Waals surface area contributed by atoms with E-state index in [4.69, 9.17) is 5.73 Å². The van der Waals surface area contributed by atoms with E-state index in [1.807, 2.05) is 0 Å². The molecule has 0 aromatic carbocycles. The number of carbonyl (C=O) groups is 1. The van der Waals surface area contributed by atoms with Crippen molar-refractivity contribution in [1.29, 1.82) is 0 Å². The first-order chi connectivity index (χ1) is 6.93. The summed E-state index contributed by atoms with van der Waals surface area (Å²) in [7, 11) is 0. The summed E-state index contributed by atoms with van der Waals surface area (Å²) < 4.78 is 0.931. The van der Waals surface area contributed by atoms with Gasteiger partial charge in [0.2, 0.25) is 5.91 Å². The smallest absolute Gasteiger partial charge is 0.285 e. The van der Waals surface area contributed by atoms with Crippen LogP contribution in [-0.4, -0.2) is 15.4 Å². The number of nitrogens with two attached hydrogens (primary N) is 1. The molecule has 80 valence electrons. The van der Waals surface area contributed by atoms with Gasteiger partial charge in [-0.05, 0) is 6.92 Å². The summed E-state index contributed by atoms with van der Waals surface area (Å²) in [6.45, 7) is 1.40. The summed E-state index contributed by atoms with van der Waals surface area (Å²) in [6.07, 6.45) is 0.998. The summed E-state index contributed by atoms with van der Waals surface area (Å²) in [5.74, 6) is -0.724.